The smallest absolute Gasteiger partial charge is 0.323 e. The van der Waals surface area contributed by atoms with E-state index in [0.29, 0.717) is 5.92 Å². The number of carbonyl (C=O) groups is 1. The second kappa shape index (κ2) is 9.66. The van der Waals surface area contributed by atoms with Crippen molar-refractivity contribution in [2.45, 2.75) is 38.6 Å². The molecule has 0 bridgehead atoms. The second-order valence-corrected chi connectivity index (χ2v) is 8.10. The zero-order valence-electron chi connectivity index (χ0n) is 17.1. The highest BCUT2D eigenvalue weighted by atomic mass is 32.2. The molecule has 0 spiro atoms. The van der Waals surface area contributed by atoms with Gasteiger partial charge < -0.3 is 9.67 Å². The van der Waals surface area contributed by atoms with Crippen molar-refractivity contribution in [2.24, 2.45) is 5.92 Å². The lowest BCUT2D eigenvalue weighted by molar-refractivity contribution is -0.137. The summed E-state index contributed by atoms with van der Waals surface area (Å²) in [6, 6.07) is 16.4. The zero-order valence-corrected chi connectivity index (χ0v) is 17.9. The van der Waals surface area contributed by atoms with Crippen LogP contribution >= 0.6 is 11.8 Å². The van der Waals surface area contributed by atoms with E-state index >= 15 is 0 Å². The molecule has 3 rings (SSSR count). The van der Waals surface area contributed by atoms with Gasteiger partial charge in [-0.25, -0.2) is 0 Å². The maximum Gasteiger partial charge on any atom is 0.323 e. The molecule has 0 amide bonds. The van der Waals surface area contributed by atoms with Crippen LogP contribution < -0.4 is 0 Å². The molecule has 0 radical (unpaired) electrons. The molecule has 1 unspecified atom stereocenters. The Morgan fingerprint density at radius 1 is 1.17 bits per heavy atom. The van der Waals surface area contributed by atoms with Crippen LogP contribution in [0.4, 0.5) is 0 Å². The van der Waals surface area contributed by atoms with Gasteiger partial charge in [0, 0.05) is 16.0 Å². The molecule has 2 aromatic carbocycles. The fourth-order valence-electron chi connectivity index (χ4n) is 3.62. The summed E-state index contributed by atoms with van der Waals surface area (Å²) in [6.07, 6.45) is 7.46. The summed E-state index contributed by atoms with van der Waals surface area (Å²) in [5, 5.41) is 12.7. The summed E-state index contributed by atoms with van der Waals surface area (Å²) in [4.78, 5) is 12.6. The Kier molecular flexibility index (Phi) is 6.99. The van der Waals surface area contributed by atoms with Gasteiger partial charge in [0.25, 0.3) is 0 Å². The maximum atomic E-state index is 11.5. The summed E-state index contributed by atoms with van der Waals surface area (Å²) in [5.74, 6) is -0.325. The van der Waals surface area contributed by atoms with Crippen molar-refractivity contribution in [2.75, 3.05) is 0 Å². The normalized spacial score (nSPS) is 12.9. The second-order valence-electron chi connectivity index (χ2n) is 7.19. The number of thioether (sulfide) groups is 1. The van der Waals surface area contributed by atoms with E-state index in [1.165, 1.54) is 0 Å². The molecule has 0 saturated carbocycles. The van der Waals surface area contributed by atoms with Crippen LogP contribution in [0.25, 0.3) is 22.0 Å². The molecule has 0 aliphatic rings. The molecule has 0 aliphatic carbocycles. The van der Waals surface area contributed by atoms with Crippen molar-refractivity contribution in [3.8, 4) is 11.1 Å². The number of fused-ring (bicyclic) bond motifs is 1. The molecule has 1 heterocycles. The van der Waals surface area contributed by atoms with Gasteiger partial charge in [-0.15, -0.1) is 0 Å². The largest absolute Gasteiger partial charge is 0.480 e. The van der Waals surface area contributed by atoms with Crippen LogP contribution in [0.5, 0.6) is 0 Å². The van der Waals surface area contributed by atoms with E-state index in [9.17, 15) is 9.90 Å². The quantitative estimate of drug-likeness (QED) is 0.327. The number of hydrogen-bond acceptors (Lipinski definition) is 2. The number of carboxylic acids is 1. The monoisotopic (exact) mass is 405 g/mol. The highest BCUT2D eigenvalue weighted by Crippen LogP contribution is 2.40. The third-order valence-corrected chi connectivity index (χ3v) is 6.05. The Hall–Kier alpha value is -2.72. The average molecular weight is 406 g/mol. The summed E-state index contributed by atoms with van der Waals surface area (Å²) >= 11 is 1.67. The minimum absolute atomic E-state index is 0.0385. The summed E-state index contributed by atoms with van der Waals surface area (Å²) in [6.45, 7) is 6.22. The van der Waals surface area contributed by atoms with Crippen molar-refractivity contribution >= 4 is 28.6 Å². The summed E-state index contributed by atoms with van der Waals surface area (Å²) in [5.41, 5.74) is 4.22. The van der Waals surface area contributed by atoms with Gasteiger partial charge >= 0.3 is 5.97 Å². The van der Waals surface area contributed by atoms with Crippen LogP contribution in [-0.4, -0.2) is 15.6 Å². The van der Waals surface area contributed by atoms with Gasteiger partial charge in [-0.1, -0.05) is 79.4 Å². The molecule has 1 aromatic heterocycles. The number of aliphatic carboxylic acids is 1. The lowest BCUT2D eigenvalue weighted by Gasteiger charge is -2.07. The number of benzene rings is 2. The van der Waals surface area contributed by atoms with Gasteiger partial charge in [-0.2, -0.15) is 0 Å². The predicted molar refractivity (Wildman–Crippen MR) is 123 cm³/mol. The molecule has 150 valence electrons. The van der Waals surface area contributed by atoms with Crippen molar-refractivity contribution in [1.82, 2.24) is 4.57 Å². The van der Waals surface area contributed by atoms with Crippen molar-refractivity contribution < 1.29 is 9.90 Å². The predicted octanol–water partition coefficient (Wildman–Crippen LogP) is 6.91. The Labute approximate surface area is 176 Å². The lowest BCUT2D eigenvalue weighted by Crippen LogP contribution is -2.09. The number of allylic oxidation sites excluding steroid dienone is 3. The SMILES string of the molecule is C/C=C\C(C)C/C=C/Sc1c(C)n(CC(=O)O)c2cccc(-c3ccccc3)c12. The highest BCUT2D eigenvalue weighted by Gasteiger charge is 2.19. The first-order valence-corrected chi connectivity index (χ1v) is 10.7. The van der Waals surface area contributed by atoms with Gasteiger partial charge in [-0.3, -0.25) is 4.79 Å². The van der Waals surface area contributed by atoms with Crippen molar-refractivity contribution in [3.05, 3.63) is 77.9 Å². The third-order valence-electron chi connectivity index (χ3n) is 4.98. The van der Waals surface area contributed by atoms with Crippen molar-refractivity contribution in [1.29, 1.82) is 0 Å². The van der Waals surface area contributed by atoms with Gasteiger partial charge in [0.2, 0.25) is 0 Å². The first kappa shape index (κ1) is 21.0. The molecular formula is C25H27NO2S. The summed E-state index contributed by atoms with van der Waals surface area (Å²) < 4.78 is 1.91. The van der Waals surface area contributed by atoms with E-state index in [2.05, 4.69) is 48.8 Å². The van der Waals surface area contributed by atoms with Crippen LogP contribution in [0, 0.1) is 12.8 Å². The van der Waals surface area contributed by atoms with Crippen LogP contribution in [0.1, 0.15) is 26.0 Å². The van der Waals surface area contributed by atoms with E-state index in [1.54, 1.807) is 11.8 Å². The number of rotatable bonds is 8. The zero-order chi connectivity index (χ0) is 20.8. The molecular weight excluding hydrogens is 378 g/mol. The Morgan fingerprint density at radius 2 is 1.93 bits per heavy atom. The molecule has 3 aromatic rings. The minimum Gasteiger partial charge on any atom is -0.480 e. The molecule has 3 nitrogen and oxygen atoms in total. The number of carboxylic acid groups (broad SMARTS) is 1. The molecule has 0 saturated heterocycles. The molecule has 1 atom stereocenters. The number of nitrogens with zero attached hydrogens (tertiary/aromatic N) is 1. The Bertz CT molecular complexity index is 1050. The van der Waals surface area contributed by atoms with Crippen LogP contribution in [0.15, 0.2) is 77.1 Å². The van der Waals surface area contributed by atoms with Crippen LogP contribution in [0.3, 0.4) is 0 Å². The van der Waals surface area contributed by atoms with Gasteiger partial charge in [0.05, 0.1) is 5.52 Å². The van der Waals surface area contributed by atoms with Gasteiger partial charge in [-0.05, 0) is 48.8 Å². The summed E-state index contributed by atoms with van der Waals surface area (Å²) in [7, 11) is 0. The number of hydrogen-bond donors (Lipinski definition) is 1. The lowest BCUT2D eigenvalue weighted by atomic mass is 10.0. The first-order valence-electron chi connectivity index (χ1n) is 9.86. The van der Waals surface area contributed by atoms with Crippen LogP contribution in [-0.2, 0) is 11.3 Å². The molecule has 4 heteroatoms. The fourth-order valence-corrected chi connectivity index (χ4v) is 4.58. The Balaban J connectivity index is 2.08. The molecule has 1 N–H and O–H groups in total. The van der Waals surface area contributed by atoms with Gasteiger partial charge in [0.1, 0.15) is 6.54 Å². The maximum absolute atomic E-state index is 11.5. The number of aromatic nitrogens is 1. The Morgan fingerprint density at radius 3 is 2.62 bits per heavy atom. The molecule has 29 heavy (non-hydrogen) atoms. The first-order chi connectivity index (χ1) is 14.0. The third kappa shape index (κ3) is 4.83. The van der Waals surface area contributed by atoms with E-state index in [1.807, 2.05) is 48.7 Å². The van der Waals surface area contributed by atoms with Crippen molar-refractivity contribution in [3.63, 3.8) is 0 Å². The van der Waals surface area contributed by atoms with E-state index in [-0.39, 0.29) is 6.54 Å². The highest BCUT2D eigenvalue weighted by molar-refractivity contribution is 8.02. The topological polar surface area (TPSA) is 42.2 Å². The van der Waals surface area contributed by atoms with E-state index in [4.69, 9.17) is 0 Å². The van der Waals surface area contributed by atoms with Crippen LogP contribution in [0.2, 0.25) is 0 Å². The molecule has 0 aliphatic heterocycles. The minimum atomic E-state index is -0.831. The average Bonchev–Trinajstić information content (AvgIpc) is 2.97. The molecule has 0 fully saturated rings. The van der Waals surface area contributed by atoms with Gasteiger partial charge in [0.15, 0.2) is 0 Å². The fraction of sp³-hybridized carbons (Fsp3) is 0.240. The van der Waals surface area contributed by atoms with E-state index < -0.39 is 5.97 Å². The standard InChI is InChI=1S/C25H27NO2S/c1-4-10-18(2)11-9-16-29-25-19(3)26(17-23(27)28)22-15-8-14-21(24(22)25)20-12-6-5-7-13-20/h4-10,12-16,18H,11,17H2,1-3H3,(H,27,28)/b10-4-,16-9+. The van der Waals surface area contributed by atoms with E-state index in [0.717, 1.165) is 39.0 Å².